The number of rotatable bonds is 4. The van der Waals surface area contributed by atoms with E-state index in [-0.39, 0.29) is 17.8 Å². The van der Waals surface area contributed by atoms with E-state index in [1.165, 1.54) is 9.13 Å². The van der Waals surface area contributed by atoms with Crippen LogP contribution in [0.4, 0.5) is 5.95 Å². The van der Waals surface area contributed by atoms with Crippen LogP contribution in [0.3, 0.4) is 0 Å². The van der Waals surface area contributed by atoms with Gasteiger partial charge in [0.15, 0.2) is 11.2 Å². The first-order valence-electron chi connectivity index (χ1n) is 9.89. The Morgan fingerprint density at radius 3 is 2.63 bits per heavy atom. The van der Waals surface area contributed by atoms with Crippen LogP contribution in [0.1, 0.15) is 30.5 Å². The second-order valence-electron chi connectivity index (χ2n) is 8.18. The Labute approximate surface area is 174 Å². The van der Waals surface area contributed by atoms with Crippen LogP contribution in [0.2, 0.25) is 0 Å². The van der Waals surface area contributed by atoms with E-state index in [2.05, 4.69) is 16.7 Å². The van der Waals surface area contributed by atoms with Crippen LogP contribution in [-0.2, 0) is 20.1 Å². The Morgan fingerprint density at radius 2 is 1.93 bits per heavy atom. The number of benzene rings is 1. The summed E-state index contributed by atoms with van der Waals surface area (Å²) in [5.41, 5.74) is 4.93. The number of hydrazone groups is 1. The number of hydrogen-bond acceptors (Lipinski definition) is 5. The molecular weight excluding hydrogens is 380 g/mol. The highest BCUT2D eigenvalue weighted by atomic mass is 16.2. The van der Waals surface area contributed by atoms with Gasteiger partial charge in [0.25, 0.3) is 5.56 Å². The Balaban J connectivity index is 1.95. The molecule has 0 spiro atoms. The monoisotopic (exact) mass is 406 g/mol. The van der Waals surface area contributed by atoms with Crippen LogP contribution < -0.4 is 16.3 Å². The molecule has 0 fully saturated rings. The molecule has 0 atom stereocenters. The van der Waals surface area contributed by atoms with E-state index < -0.39 is 0 Å². The van der Waals surface area contributed by atoms with Gasteiger partial charge in [-0.05, 0) is 38.8 Å². The van der Waals surface area contributed by atoms with Gasteiger partial charge in [0.1, 0.15) is 0 Å². The number of hydrogen-bond donors (Lipinski definition) is 0. The number of imidazole rings is 1. The molecule has 0 radical (unpaired) electrons. The Kier molecular flexibility index (Phi) is 4.72. The summed E-state index contributed by atoms with van der Waals surface area (Å²) >= 11 is 0. The molecule has 0 N–H and O–H groups in total. The molecule has 0 amide bonds. The largest absolute Gasteiger partial charge is 0.332 e. The van der Waals surface area contributed by atoms with E-state index in [0.29, 0.717) is 30.2 Å². The van der Waals surface area contributed by atoms with Crippen LogP contribution in [0.5, 0.6) is 0 Å². The highest BCUT2D eigenvalue weighted by Gasteiger charge is 2.26. The molecule has 0 unspecified atom stereocenters. The van der Waals surface area contributed by atoms with Crippen molar-refractivity contribution in [3.05, 3.63) is 67.9 Å². The molecule has 0 saturated heterocycles. The number of fused-ring (bicyclic) bond motifs is 3. The summed E-state index contributed by atoms with van der Waals surface area (Å²) in [5.74, 6) is 0.551. The average molecular weight is 406 g/mol. The summed E-state index contributed by atoms with van der Waals surface area (Å²) < 4.78 is 4.59. The van der Waals surface area contributed by atoms with Gasteiger partial charge >= 0.3 is 5.69 Å². The van der Waals surface area contributed by atoms with E-state index in [1.807, 2.05) is 50.5 Å². The molecule has 156 valence electrons. The van der Waals surface area contributed by atoms with Crippen molar-refractivity contribution in [2.24, 2.45) is 12.1 Å². The third-order valence-corrected chi connectivity index (χ3v) is 5.37. The summed E-state index contributed by atoms with van der Waals surface area (Å²) in [5, 5.41) is 6.30. The fourth-order valence-corrected chi connectivity index (χ4v) is 3.86. The average Bonchev–Trinajstić information content (AvgIpc) is 3.05. The summed E-state index contributed by atoms with van der Waals surface area (Å²) in [6, 6.07) is 6.05. The van der Waals surface area contributed by atoms with Crippen molar-refractivity contribution in [3.8, 4) is 0 Å². The summed E-state index contributed by atoms with van der Waals surface area (Å²) in [7, 11) is 1.65. The highest BCUT2D eigenvalue weighted by molar-refractivity contribution is 5.87. The number of aromatic nitrogens is 4. The maximum Gasteiger partial charge on any atom is 0.332 e. The van der Waals surface area contributed by atoms with Crippen LogP contribution in [-0.4, -0.2) is 30.9 Å². The normalized spacial score (nSPS) is 13.5. The zero-order valence-electron chi connectivity index (χ0n) is 18.1. The van der Waals surface area contributed by atoms with Crippen molar-refractivity contribution < 1.29 is 0 Å². The lowest BCUT2D eigenvalue weighted by atomic mass is 10.1. The molecule has 1 aliphatic rings. The van der Waals surface area contributed by atoms with Gasteiger partial charge in [0.05, 0.1) is 25.3 Å². The van der Waals surface area contributed by atoms with E-state index in [1.54, 1.807) is 12.1 Å². The van der Waals surface area contributed by atoms with E-state index >= 15 is 0 Å². The van der Waals surface area contributed by atoms with Gasteiger partial charge in [-0.1, -0.05) is 35.9 Å². The lowest BCUT2D eigenvalue weighted by Crippen LogP contribution is -2.40. The summed E-state index contributed by atoms with van der Waals surface area (Å²) in [6.07, 6.45) is 0. The first kappa shape index (κ1) is 19.9. The summed E-state index contributed by atoms with van der Waals surface area (Å²) in [6.45, 7) is 12.9. The molecule has 0 aliphatic carbocycles. The molecule has 3 heterocycles. The van der Waals surface area contributed by atoms with Gasteiger partial charge < -0.3 is 0 Å². The van der Waals surface area contributed by atoms with Crippen molar-refractivity contribution in [3.63, 3.8) is 0 Å². The van der Waals surface area contributed by atoms with Crippen LogP contribution in [0, 0.1) is 13.8 Å². The minimum Gasteiger partial charge on any atom is -0.297 e. The molecule has 4 rings (SSSR count). The van der Waals surface area contributed by atoms with E-state index in [0.717, 1.165) is 28.0 Å². The topological polar surface area (TPSA) is 77.4 Å². The third kappa shape index (κ3) is 3.18. The zero-order valence-corrected chi connectivity index (χ0v) is 18.1. The van der Waals surface area contributed by atoms with Gasteiger partial charge in [0.2, 0.25) is 5.95 Å². The SMILES string of the molecule is C=C(C)CN1N=C(C)Cn2c1nc1c2c(=O)n(Cc2cc(C)ccc2C)c(=O)n1C. The van der Waals surface area contributed by atoms with Gasteiger partial charge in [-0.2, -0.15) is 10.1 Å². The zero-order chi connectivity index (χ0) is 21.7. The third-order valence-electron chi connectivity index (χ3n) is 5.37. The Hall–Kier alpha value is -3.42. The molecule has 1 aromatic carbocycles. The van der Waals surface area contributed by atoms with Gasteiger partial charge in [-0.15, -0.1) is 0 Å². The quantitative estimate of drug-likeness (QED) is 0.623. The van der Waals surface area contributed by atoms with Crippen LogP contribution in [0.15, 0.2) is 45.0 Å². The minimum atomic E-state index is -0.382. The van der Waals surface area contributed by atoms with Crippen LogP contribution >= 0.6 is 0 Å². The predicted molar refractivity (Wildman–Crippen MR) is 120 cm³/mol. The van der Waals surface area contributed by atoms with Gasteiger partial charge in [-0.25, -0.2) is 9.80 Å². The maximum atomic E-state index is 13.5. The molecule has 8 heteroatoms. The van der Waals surface area contributed by atoms with Crippen molar-refractivity contribution >= 4 is 22.8 Å². The first-order chi connectivity index (χ1) is 14.2. The molecule has 8 nitrogen and oxygen atoms in total. The predicted octanol–water partition coefficient (Wildman–Crippen LogP) is 2.33. The standard InChI is InChI=1S/C22H26N6O2/c1-13(2)10-28-21-23-19-18(26(21)11-16(5)24-28)20(29)27(22(30)25(19)6)12-17-9-14(3)7-8-15(17)4/h7-9H,1,10-12H2,2-6H3. The second kappa shape index (κ2) is 7.12. The maximum absolute atomic E-state index is 13.5. The fraction of sp³-hybridized carbons (Fsp3) is 0.364. The Morgan fingerprint density at radius 1 is 1.20 bits per heavy atom. The molecule has 1 aliphatic heterocycles. The first-order valence-corrected chi connectivity index (χ1v) is 9.89. The molecule has 0 bridgehead atoms. The molecular formula is C22H26N6O2. The lowest BCUT2D eigenvalue weighted by Gasteiger charge is -2.24. The van der Waals surface area contributed by atoms with Crippen molar-refractivity contribution in [1.82, 2.24) is 18.7 Å². The molecule has 30 heavy (non-hydrogen) atoms. The van der Waals surface area contributed by atoms with Crippen molar-refractivity contribution in [2.75, 3.05) is 11.6 Å². The smallest absolute Gasteiger partial charge is 0.297 e. The highest BCUT2D eigenvalue weighted by Crippen LogP contribution is 2.24. The minimum absolute atomic E-state index is 0.220. The van der Waals surface area contributed by atoms with Gasteiger partial charge in [0, 0.05) is 7.05 Å². The second-order valence-corrected chi connectivity index (χ2v) is 8.18. The van der Waals surface area contributed by atoms with Crippen LogP contribution in [0.25, 0.3) is 11.2 Å². The van der Waals surface area contributed by atoms with E-state index in [9.17, 15) is 9.59 Å². The summed E-state index contributed by atoms with van der Waals surface area (Å²) in [4.78, 5) is 31.2. The molecule has 0 saturated carbocycles. The fourth-order valence-electron chi connectivity index (χ4n) is 3.86. The van der Waals surface area contributed by atoms with Crippen molar-refractivity contribution in [2.45, 2.75) is 40.8 Å². The number of aryl methyl sites for hydroxylation is 3. The van der Waals surface area contributed by atoms with Gasteiger partial charge in [-0.3, -0.25) is 18.5 Å². The molecule has 3 aromatic rings. The van der Waals surface area contributed by atoms with Crippen molar-refractivity contribution in [1.29, 1.82) is 0 Å². The lowest BCUT2D eigenvalue weighted by molar-refractivity contribution is 0.651. The Bertz CT molecular complexity index is 1340. The van der Waals surface area contributed by atoms with E-state index in [4.69, 9.17) is 0 Å². The number of anilines is 1. The molecule has 2 aromatic heterocycles. The number of nitrogens with zero attached hydrogens (tertiary/aromatic N) is 6.